The van der Waals surface area contributed by atoms with Gasteiger partial charge in [-0.05, 0) is 25.3 Å². The molecule has 4 nitrogen and oxygen atoms in total. The monoisotopic (exact) mass is 300 g/mol. The number of aryl methyl sites for hydroxylation is 1. The molecule has 114 valence electrons. The lowest BCUT2D eigenvalue weighted by Crippen LogP contribution is -2.39. The second-order valence-corrected chi connectivity index (χ2v) is 5.21. The number of aromatic nitrogens is 1. The predicted molar refractivity (Wildman–Crippen MR) is 67.3 cm³/mol. The third-order valence-corrected chi connectivity index (χ3v) is 3.72. The van der Waals surface area contributed by atoms with E-state index in [0.29, 0.717) is 12.8 Å². The van der Waals surface area contributed by atoms with Gasteiger partial charge in [0.2, 0.25) is 0 Å². The summed E-state index contributed by atoms with van der Waals surface area (Å²) >= 11 is 0. The molecular weight excluding hydrogens is 285 g/mol. The van der Waals surface area contributed by atoms with Crippen molar-refractivity contribution in [2.24, 2.45) is 13.0 Å². The lowest BCUT2D eigenvalue weighted by molar-refractivity contribution is -0.207. The molecule has 2 rings (SSSR count). The number of halogens is 3. The van der Waals surface area contributed by atoms with Gasteiger partial charge in [0.1, 0.15) is 17.9 Å². The molecule has 0 spiro atoms. The third kappa shape index (κ3) is 3.38. The number of alkyl halides is 3. The maximum absolute atomic E-state index is 12.9. The van der Waals surface area contributed by atoms with E-state index < -0.39 is 24.2 Å². The minimum atomic E-state index is -4.36. The Bertz CT molecular complexity index is 572. The number of nitriles is 1. The fourth-order valence-electron chi connectivity index (χ4n) is 2.64. The van der Waals surface area contributed by atoms with E-state index in [9.17, 15) is 18.0 Å². The van der Waals surface area contributed by atoms with E-state index in [0.717, 1.165) is 0 Å². The van der Waals surface area contributed by atoms with Crippen LogP contribution in [0.25, 0.3) is 0 Å². The Morgan fingerprint density at radius 3 is 2.67 bits per heavy atom. The molecule has 1 heterocycles. The molecule has 0 aliphatic heterocycles. The van der Waals surface area contributed by atoms with Gasteiger partial charge < -0.3 is 9.30 Å². The van der Waals surface area contributed by atoms with E-state index in [1.165, 1.54) is 16.8 Å². The molecule has 2 atom stereocenters. The van der Waals surface area contributed by atoms with E-state index in [2.05, 4.69) is 0 Å². The molecule has 0 amide bonds. The first-order valence-corrected chi connectivity index (χ1v) is 6.67. The molecule has 0 bridgehead atoms. The number of carbonyl (C=O) groups is 1. The lowest BCUT2D eigenvalue weighted by Gasteiger charge is -2.32. The van der Waals surface area contributed by atoms with Gasteiger partial charge in [0, 0.05) is 13.2 Å². The summed E-state index contributed by atoms with van der Waals surface area (Å²) in [4.78, 5) is 12.0. The van der Waals surface area contributed by atoms with Crippen LogP contribution < -0.4 is 0 Å². The first-order chi connectivity index (χ1) is 9.82. The maximum atomic E-state index is 12.9. The Kier molecular flexibility index (Phi) is 4.26. The van der Waals surface area contributed by atoms with Crippen LogP contribution in [0.15, 0.2) is 12.3 Å². The smallest absolute Gasteiger partial charge is 0.395 e. The maximum Gasteiger partial charge on any atom is 0.395 e. The van der Waals surface area contributed by atoms with E-state index in [4.69, 9.17) is 10.00 Å². The zero-order valence-corrected chi connectivity index (χ0v) is 11.5. The Balaban J connectivity index is 2.13. The molecule has 0 radical (unpaired) electrons. The molecule has 1 aromatic rings. The summed E-state index contributed by atoms with van der Waals surface area (Å²) < 4.78 is 45.3. The summed E-state index contributed by atoms with van der Waals surface area (Å²) in [5, 5.41) is 8.76. The summed E-state index contributed by atoms with van der Waals surface area (Å²) in [6, 6.07) is 3.18. The van der Waals surface area contributed by atoms with Gasteiger partial charge in [0.05, 0.1) is 11.5 Å². The number of nitrogens with zero attached hydrogens (tertiary/aromatic N) is 2. The van der Waals surface area contributed by atoms with Crippen molar-refractivity contribution in [3.05, 3.63) is 23.5 Å². The van der Waals surface area contributed by atoms with Crippen molar-refractivity contribution < 1.29 is 22.7 Å². The summed E-state index contributed by atoms with van der Waals surface area (Å²) in [6.07, 6.45) is -2.78. The minimum absolute atomic E-state index is 0.0158. The van der Waals surface area contributed by atoms with Gasteiger partial charge in [-0.15, -0.1) is 0 Å². The average molecular weight is 300 g/mol. The van der Waals surface area contributed by atoms with Gasteiger partial charge in [-0.3, -0.25) is 0 Å². The molecule has 1 aliphatic rings. The molecule has 1 aliphatic carbocycles. The van der Waals surface area contributed by atoms with Crippen LogP contribution in [0.2, 0.25) is 0 Å². The highest BCUT2D eigenvalue weighted by molar-refractivity contribution is 5.88. The summed E-state index contributed by atoms with van der Waals surface area (Å²) in [6.45, 7) is 0. The zero-order chi connectivity index (χ0) is 15.6. The molecule has 1 saturated carbocycles. The van der Waals surface area contributed by atoms with Crippen LogP contribution >= 0.6 is 0 Å². The lowest BCUT2D eigenvalue weighted by atomic mass is 9.86. The van der Waals surface area contributed by atoms with Crippen LogP contribution in [0.1, 0.15) is 41.7 Å². The highest BCUT2D eigenvalue weighted by atomic mass is 19.4. The molecule has 1 fully saturated rings. The van der Waals surface area contributed by atoms with Crippen LogP contribution in [0.5, 0.6) is 0 Å². The topological polar surface area (TPSA) is 55.0 Å². The Hall–Kier alpha value is -1.97. The Labute approximate surface area is 120 Å². The van der Waals surface area contributed by atoms with E-state index in [-0.39, 0.29) is 24.1 Å². The predicted octanol–water partition coefficient (Wildman–Crippen LogP) is 3.17. The number of rotatable bonds is 2. The highest BCUT2D eigenvalue weighted by Gasteiger charge is 2.47. The Morgan fingerprint density at radius 2 is 2.10 bits per heavy atom. The van der Waals surface area contributed by atoms with Crippen LogP contribution in [0.4, 0.5) is 13.2 Å². The molecule has 7 heteroatoms. The fraction of sp³-hybridized carbons (Fsp3) is 0.571. The molecule has 0 N–H and O–H groups in total. The quantitative estimate of drug-likeness (QED) is 0.788. The molecule has 1 aromatic heterocycles. The van der Waals surface area contributed by atoms with Crippen LogP contribution in [0.3, 0.4) is 0 Å². The summed E-state index contributed by atoms with van der Waals surface area (Å²) in [5.74, 6) is -2.42. The molecule has 0 saturated heterocycles. The van der Waals surface area contributed by atoms with Crippen molar-refractivity contribution in [1.82, 2.24) is 4.57 Å². The SMILES string of the molecule is Cn1cc(C#N)cc1C(=O)O[C@@H]1CCCC[C@H]1C(F)(F)F. The van der Waals surface area contributed by atoms with Crippen molar-refractivity contribution in [1.29, 1.82) is 5.26 Å². The van der Waals surface area contributed by atoms with Crippen molar-refractivity contribution in [3.8, 4) is 6.07 Å². The summed E-state index contributed by atoms with van der Waals surface area (Å²) in [7, 11) is 1.54. The summed E-state index contributed by atoms with van der Waals surface area (Å²) in [5.41, 5.74) is 0.346. The number of hydrogen-bond donors (Lipinski definition) is 0. The van der Waals surface area contributed by atoms with Gasteiger partial charge in [0.15, 0.2) is 0 Å². The number of ether oxygens (including phenoxy) is 1. The second kappa shape index (κ2) is 5.80. The first-order valence-electron chi connectivity index (χ1n) is 6.67. The third-order valence-electron chi connectivity index (χ3n) is 3.72. The van der Waals surface area contributed by atoms with Crippen molar-refractivity contribution >= 4 is 5.97 Å². The molecule has 0 aromatic carbocycles. The van der Waals surface area contributed by atoms with Crippen molar-refractivity contribution in [2.45, 2.75) is 38.0 Å². The van der Waals surface area contributed by atoms with E-state index in [1.54, 1.807) is 7.05 Å². The van der Waals surface area contributed by atoms with Crippen LogP contribution in [-0.4, -0.2) is 22.8 Å². The average Bonchev–Trinajstić information content (AvgIpc) is 2.79. The number of hydrogen-bond acceptors (Lipinski definition) is 3. The number of esters is 1. The van der Waals surface area contributed by atoms with Crippen LogP contribution in [-0.2, 0) is 11.8 Å². The van der Waals surface area contributed by atoms with Crippen LogP contribution in [0, 0.1) is 17.2 Å². The molecular formula is C14H15F3N2O2. The van der Waals surface area contributed by atoms with Gasteiger partial charge in [-0.2, -0.15) is 18.4 Å². The molecule has 21 heavy (non-hydrogen) atoms. The van der Waals surface area contributed by atoms with Gasteiger partial charge in [-0.25, -0.2) is 4.79 Å². The molecule has 0 unspecified atom stereocenters. The normalized spacial score (nSPS) is 22.6. The number of carbonyl (C=O) groups excluding carboxylic acids is 1. The van der Waals surface area contributed by atoms with Gasteiger partial charge in [0.25, 0.3) is 0 Å². The van der Waals surface area contributed by atoms with Gasteiger partial charge in [-0.1, -0.05) is 6.42 Å². The van der Waals surface area contributed by atoms with Gasteiger partial charge >= 0.3 is 12.1 Å². The highest BCUT2D eigenvalue weighted by Crippen LogP contribution is 2.39. The largest absolute Gasteiger partial charge is 0.457 e. The van der Waals surface area contributed by atoms with Crippen molar-refractivity contribution in [3.63, 3.8) is 0 Å². The zero-order valence-electron chi connectivity index (χ0n) is 11.5. The minimum Gasteiger partial charge on any atom is -0.457 e. The fourth-order valence-corrected chi connectivity index (χ4v) is 2.64. The Morgan fingerprint density at radius 1 is 1.43 bits per heavy atom. The van der Waals surface area contributed by atoms with E-state index in [1.807, 2.05) is 6.07 Å². The standard InChI is InChI=1S/C14H15F3N2O2/c1-19-8-9(7-18)6-11(19)13(20)21-12-5-3-2-4-10(12)14(15,16)17/h6,8,10,12H,2-5H2,1H3/t10-,12-/m1/s1. The van der Waals surface area contributed by atoms with Crippen molar-refractivity contribution in [2.75, 3.05) is 0 Å². The first kappa shape index (κ1) is 15.4. The second-order valence-electron chi connectivity index (χ2n) is 5.21. The van der Waals surface area contributed by atoms with E-state index >= 15 is 0 Å².